The van der Waals surface area contributed by atoms with Crippen molar-refractivity contribution in [2.45, 2.75) is 26.9 Å². The van der Waals surface area contributed by atoms with E-state index >= 15 is 0 Å². The normalized spacial score (nSPS) is 18.5. The van der Waals surface area contributed by atoms with Crippen molar-refractivity contribution in [1.82, 2.24) is 10.2 Å². The Kier molecular flexibility index (Phi) is 4.50. The second-order valence-corrected chi connectivity index (χ2v) is 6.24. The Hall–Kier alpha value is -2.04. The van der Waals surface area contributed by atoms with Crippen molar-refractivity contribution in [3.8, 4) is 0 Å². The smallest absolute Gasteiger partial charge is 0.410 e. The fraction of sp³-hybridized carbons (Fsp3) is 0.500. The van der Waals surface area contributed by atoms with Gasteiger partial charge in [0, 0.05) is 18.5 Å². The summed E-state index contributed by atoms with van der Waals surface area (Å²) < 4.78 is 5.36. The van der Waals surface area contributed by atoms with Crippen LogP contribution in [0.2, 0.25) is 0 Å². The molecule has 1 fully saturated rings. The molecule has 0 bridgehead atoms. The molecule has 2 rings (SSSR count). The Morgan fingerprint density at radius 2 is 2.00 bits per heavy atom. The highest BCUT2D eigenvalue weighted by Crippen LogP contribution is 2.25. The maximum Gasteiger partial charge on any atom is 0.410 e. The molecule has 0 saturated carbocycles. The van der Waals surface area contributed by atoms with Gasteiger partial charge in [-0.15, -0.1) is 0 Å². The number of nitrogens with one attached hydrogen (secondary N) is 1. The lowest BCUT2D eigenvalue weighted by molar-refractivity contribution is -0.128. The molecular weight excluding hydrogens is 268 g/mol. The van der Waals surface area contributed by atoms with Crippen molar-refractivity contribution in [2.24, 2.45) is 5.41 Å². The first-order valence-electron chi connectivity index (χ1n) is 7.17. The van der Waals surface area contributed by atoms with E-state index in [9.17, 15) is 9.59 Å². The van der Waals surface area contributed by atoms with Gasteiger partial charge in [-0.25, -0.2) is 4.79 Å². The van der Waals surface area contributed by atoms with E-state index < -0.39 is 5.41 Å². The zero-order valence-electron chi connectivity index (χ0n) is 12.8. The molecule has 1 N–H and O–H groups in total. The highest BCUT2D eigenvalue weighted by molar-refractivity contribution is 5.81. The molecule has 1 atom stereocenters. The van der Waals surface area contributed by atoms with Gasteiger partial charge in [0.2, 0.25) is 5.91 Å². The summed E-state index contributed by atoms with van der Waals surface area (Å²) in [6, 6.07) is 9.68. The monoisotopic (exact) mass is 290 g/mol. The molecule has 114 valence electrons. The molecule has 1 unspecified atom stereocenters. The number of hydrogen-bond donors (Lipinski definition) is 1. The third kappa shape index (κ3) is 3.97. The minimum absolute atomic E-state index is 0.0188. The van der Waals surface area contributed by atoms with E-state index in [1.54, 1.807) is 4.90 Å². The molecule has 1 saturated heterocycles. The molecule has 0 radical (unpaired) electrons. The van der Waals surface area contributed by atoms with Crippen molar-refractivity contribution in [2.75, 3.05) is 19.6 Å². The molecule has 1 aromatic rings. The summed E-state index contributed by atoms with van der Waals surface area (Å²) >= 11 is 0. The number of nitrogens with zero attached hydrogens (tertiary/aromatic N) is 1. The van der Waals surface area contributed by atoms with Crippen molar-refractivity contribution >= 4 is 12.0 Å². The average molecular weight is 290 g/mol. The van der Waals surface area contributed by atoms with Gasteiger partial charge in [-0.2, -0.15) is 0 Å². The zero-order chi connectivity index (χ0) is 15.5. The van der Waals surface area contributed by atoms with Gasteiger partial charge in [-0.05, 0) is 5.56 Å². The second-order valence-electron chi connectivity index (χ2n) is 6.24. The van der Waals surface area contributed by atoms with Gasteiger partial charge in [-0.3, -0.25) is 4.79 Å². The van der Waals surface area contributed by atoms with Crippen LogP contribution in [-0.4, -0.2) is 36.5 Å². The van der Waals surface area contributed by atoms with Gasteiger partial charge >= 0.3 is 6.09 Å². The summed E-state index contributed by atoms with van der Waals surface area (Å²) in [6.07, 6.45) is -0.550. The Morgan fingerprint density at radius 3 is 2.62 bits per heavy atom. The molecule has 1 aromatic carbocycles. The molecular formula is C16H22N2O3. The lowest BCUT2D eigenvalue weighted by Gasteiger charge is -2.19. The first kappa shape index (κ1) is 15.4. The third-order valence-corrected chi connectivity index (χ3v) is 3.41. The van der Waals surface area contributed by atoms with E-state index in [2.05, 4.69) is 5.32 Å². The zero-order valence-corrected chi connectivity index (χ0v) is 12.8. The maximum atomic E-state index is 11.8. The number of ether oxygens (including phenoxy) is 1. The van der Waals surface area contributed by atoms with Crippen LogP contribution in [0.4, 0.5) is 4.79 Å². The van der Waals surface area contributed by atoms with E-state index in [4.69, 9.17) is 4.74 Å². The number of benzene rings is 1. The van der Waals surface area contributed by atoms with E-state index in [0.29, 0.717) is 19.6 Å². The van der Waals surface area contributed by atoms with E-state index in [1.807, 2.05) is 51.1 Å². The van der Waals surface area contributed by atoms with E-state index in [0.717, 1.165) is 5.56 Å². The quantitative estimate of drug-likeness (QED) is 0.926. The Balaban J connectivity index is 1.83. The molecule has 0 spiro atoms. The minimum Gasteiger partial charge on any atom is -0.439 e. The SMILES string of the molecule is CC(C)(C)C(=O)NCCN1CC(c2ccccc2)OC1=O. The summed E-state index contributed by atoms with van der Waals surface area (Å²) in [5.74, 6) is -0.0188. The molecule has 5 nitrogen and oxygen atoms in total. The van der Waals surface area contributed by atoms with Gasteiger partial charge in [0.05, 0.1) is 6.54 Å². The van der Waals surface area contributed by atoms with Crippen LogP contribution in [0.1, 0.15) is 32.4 Å². The topological polar surface area (TPSA) is 58.6 Å². The van der Waals surface area contributed by atoms with Crippen molar-refractivity contribution in [1.29, 1.82) is 0 Å². The molecule has 2 amide bonds. The van der Waals surface area contributed by atoms with Gasteiger partial charge in [0.25, 0.3) is 0 Å². The fourth-order valence-corrected chi connectivity index (χ4v) is 2.10. The van der Waals surface area contributed by atoms with Crippen LogP contribution >= 0.6 is 0 Å². The first-order valence-corrected chi connectivity index (χ1v) is 7.17. The molecule has 1 aliphatic rings. The van der Waals surface area contributed by atoms with Gasteiger partial charge < -0.3 is 15.0 Å². The number of carbonyl (C=O) groups is 2. The maximum absolute atomic E-state index is 11.8. The predicted octanol–water partition coefficient (Wildman–Crippen LogP) is 2.34. The highest BCUT2D eigenvalue weighted by atomic mass is 16.6. The molecule has 0 aliphatic carbocycles. The number of amides is 2. The summed E-state index contributed by atoms with van der Waals surface area (Å²) in [5.41, 5.74) is 0.574. The van der Waals surface area contributed by atoms with E-state index in [1.165, 1.54) is 0 Å². The molecule has 1 aliphatic heterocycles. The summed E-state index contributed by atoms with van der Waals surface area (Å²) in [5, 5.41) is 2.84. The number of hydrogen-bond acceptors (Lipinski definition) is 3. The first-order chi connectivity index (χ1) is 9.88. The summed E-state index contributed by atoms with van der Waals surface area (Å²) in [4.78, 5) is 25.2. The predicted molar refractivity (Wildman–Crippen MR) is 79.7 cm³/mol. The Bertz CT molecular complexity index is 508. The van der Waals surface area contributed by atoms with E-state index in [-0.39, 0.29) is 18.1 Å². The number of cyclic esters (lactones) is 1. The van der Waals surface area contributed by atoms with Crippen LogP contribution in [0.15, 0.2) is 30.3 Å². The van der Waals surface area contributed by atoms with Crippen molar-refractivity contribution in [3.05, 3.63) is 35.9 Å². The Labute approximate surface area is 125 Å². The van der Waals surface area contributed by atoms with Crippen molar-refractivity contribution < 1.29 is 14.3 Å². The van der Waals surface area contributed by atoms with Gasteiger partial charge in [0.1, 0.15) is 6.10 Å². The Morgan fingerprint density at radius 1 is 1.33 bits per heavy atom. The van der Waals surface area contributed by atoms with Crippen LogP contribution in [0, 0.1) is 5.41 Å². The minimum atomic E-state index is -0.419. The number of carbonyl (C=O) groups excluding carboxylic acids is 2. The van der Waals surface area contributed by atoms with Crippen molar-refractivity contribution in [3.63, 3.8) is 0 Å². The van der Waals surface area contributed by atoms with Crippen LogP contribution < -0.4 is 5.32 Å². The highest BCUT2D eigenvalue weighted by Gasteiger charge is 2.32. The summed E-state index contributed by atoms with van der Waals surface area (Å²) in [7, 11) is 0. The van der Waals surface area contributed by atoms with Crippen LogP contribution in [-0.2, 0) is 9.53 Å². The fourth-order valence-electron chi connectivity index (χ4n) is 2.10. The lowest BCUT2D eigenvalue weighted by atomic mass is 9.96. The average Bonchev–Trinajstić information content (AvgIpc) is 2.80. The standard InChI is InChI=1S/C16H22N2O3/c1-16(2,3)14(19)17-9-10-18-11-13(21-15(18)20)12-7-5-4-6-8-12/h4-8,13H,9-11H2,1-3H3,(H,17,19). The molecule has 5 heteroatoms. The van der Waals surface area contributed by atoms with Crippen LogP contribution in [0.3, 0.4) is 0 Å². The van der Waals surface area contributed by atoms with Crippen LogP contribution in [0.5, 0.6) is 0 Å². The lowest BCUT2D eigenvalue weighted by Crippen LogP contribution is -2.40. The molecule has 21 heavy (non-hydrogen) atoms. The number of rotatable bonds is 4. The summed E-state index contributed by atoms with van der Waals surface area (Å²) in [6.45, 7) is 7.00. The molecule has 1 heterocycles. The molecule has 0 aromatic heterocycles. The second kappa shape index (κ2) is 6.16. The third-order valence-electron chi connectivity index (χ3n) is 3.41. The van der Waals surface area contributed by atoms with Gasteiger partial charge in [-0.1, -0.05) is 51.1 Å². The largest absolute Gasteiger partial charge is 0.439 e. The van der Waals surface area contributed by atoms with Gasteiger partial charge in [0.15, 0.2) is 0 Å². The van der Waals surface area contributed by atoms with Crippen LogP contribution in [0.25, 0.3) is 0 Å².